The van der Waals surface area contributed by atoms with Crippen molar-refractivity contribution in [1.82, 2.24) is 15.4 Å². The van der Waals surface area contributed by atoms with Gasteiger partial charge in [0.05, 0.1) is 4.90 Å². The van der Waals surface area contributed by atoms with Crippen LogP contribution in [0, 0.1) is 0 Å². The van der Waals surface area contributed by atoms with Crippen molar-refractivity contribution in [2.45, 2.75) is 43.0 Å². The lowest BCUT2D eigenvalue weighted by Gasteiger charge is -2.08. The van der Waals surface area contributed by atoms with Gasteiger partial charge in [0.15, 0.2) is 0 Å². The smallest absolute Gasteiger partial charge is 0.251 e. The lowest BCUT2D eigenvalue weighted by atomic mass is 10.1. The zero-order chi connectivity index (χ0) is 22.3. The average Bonchev–Trinajstić information content (AvgIpc) is 3.55. The lowest BCUT2D eigenvalue weighted by molar-refractivity contribution is -0.121. The molecule has 1 aliphatic carbocycles. The highest BCUT2D eigenvalue weighted by atomic mass is 32.2. The second-order valence-electron chi connectivity index (χ2n) is 7.55. The number of sulfonamides is 1. The third-order valence-electron chi connectivity index (χ3n) is 4.84. The Bertz CT molecular complexity index is 1020. The topological polar surface area (TPSA) is 125 Å². The Balaban J connectivity index is 1.31. The van der Waals surface area contributed by atoms with E-state index in [0.29, 0.717) is 37.9 Å². The van der Waals surface area contributed by atoms with Crippen LogP contribution in [-0.4, -0.2) is 44.5 Å². The van der Waals surface area contributed by atoms with Crippen LogP contribution < -0.4 is 15.4 Å². The van der Waals surface area contributed by atoms with Crippen molar-refractivity contribution in [3.05, 3.63) is 59.7 Å². The third-order valence-corrected chi connectivity index (χ3v) is 6.38. The largest absolute Gasteiger partial charge is 0.508 e. The lowest BCUT2D eigenvalue weighted by Crippen LogP contribution is -2.30. The molecule has 0 unspecified atom stereocenters. The van der Waals surface area contributed by atoms with Gasteiger partial charge in [0.1, 0.15) is 5.75 Å². The molecule has 0 heterocycles. The summed E-state index contributed by atoms with van der Waals surface area (Å²) in [5, 5.41) is 14.9. The first-order valence-electron chi connectivity index (χ1n) is 10.3. The number of hydrogen-bond donors (Lipinski definition) is 4. The molecule has 0 atom stereocenters. The molecule has 166 valence electrons. The summed E-state index contributed by atoms with van der Waals surface area (Å²) in [6, 6.07) is 12.7. The Morgan fingerprint density at radius 1 is 1.00 bits per heavy atom. The molecular formula is C22H27N3O5S. The monoisotopic (exact) mass is 445 g/mol. The summed E-state index contributed by atoms with van der Waals surface area (Å²) >= 11 is 0. The first kappa shape index (κ1) is 22.8. The van der Waals surface area contributed by atoms with Gasteiger partial charge in [-0.05, 0) is 61.6 Å². The summed E-state index contributed by atoms with van der Waals surface area (Å²) in [4.78, 5) is 24.2. The molecule has 0 aromatic heterocycles. The molecule has 3 rings (SSSR count). The van der Waals surface area contributed by atoms with Gasteiger partial charge in [-0.2, -0.15) is 0 Å². The van der Waals surface area contributed by atoms with Crippen molar-refractivity contribution in [3.8, 4) is 5.75 Å². The van der Waals surface area contributed by atoms with Gasteiger partial charge in [0.25, 0.3) is 5.91 Å². The van der Waals surface area contributed by atoms with Crippen molar-refractivity contribution in [1.29, 1.82) is 0 Å². The molecule has 1 aliphatic rings. The van der Waals surface area contributed by atoms with Gasteiger partial charge >= 0.3 is 0 Å². The standard InChI is InChI=1S/C22H27N3O5S/c26-19-4-1-3-17(15-19)22(28)24-14-2-13-23-21(27)12-7-16-5-10-20(11-6-16)31(29,30)25-18-8-9-18/h1,3-6,10-11,15,18,25-26H,2,7-9,12-14H2,(H,23,27)(H,24,28). The predicted molar refractivity (Wildman–Crippen MR) is 116 cm³/mol. The number of hydrogen-bond acceptors (Lipinski definition) is 5. The number of phenolic OH excluding ortho intramolecular Hbond substituents is 1. The molecule has 0 spiro atoms. The van der Waals surface area contributed by atoms with Crippen LogP contribution in [0.5, 0.6) is 5.75 Å². The number of carbonyl (C=O) groups is 2. The van der Waals surface area contributed by atoms with Crippen molar-refractivity contribution >= 4 is 21.8 Å². The zero-order valence-corrected chi connectivity index (χ0v) is 18.0. The predicted octanol–water partition coefficient (Wildman–Crippen LogP) is 1.70. The minimum Gasteiger partial charge on any atom is -0.508 e. The first-order valence-corrected chi connectivity index (χ1v) is 11.8. The number of aryl methyl sites for hydroxylation is 1. The van der Waals surface area contributed by atoms with E-state index in [1.807, 2.05) is 0 Å². The molecule has 2 aromatic rings. The Kier molecular flexibility index (Phi) is 7.64. The van der Waals surface area contributed by atoms with Crippen molar-refractivity contribution in [2.75, 3.05) is 13.1 Å². The normalized spacial score (nSPS) is 13.5. The fourth-order valence-corrected chi connectivity index (χ4v) is 4.24. The Morgan fingerprint density at radius 3 is 2.39 bits per heavy atom. The first-order chi connectivity index (χ1) is 14.8. The molecule has 8 nitrogen and oxygen atoms in total. The van der Waals surface area contributed by atoms with Gasteiger partial charge in [-0.1, -0.05) is 18.2 Å². The summed E-state index contributed by atoms with van der Waals surface area (Å²) in [5.74, 6) is -0.350. The second kappa shape index (κ2) is 10.4. The molecule has 9 heteroatoms. The van der Waals surface area contributed by atoms with E-state index in [1.54, 1.807) is 36.4 Å². The Hall–Kier alpha value is -2.91. The maximum absolute atomic E-state index is 12.2. The fraction of sp³-hybridized carbons (Fsp3) is 0.364. The van der Waals surface area contributed by atoms with Crippen LogP contribution in [0.3, 0.4) is 0 Å². The molecule has 4 N–H and O–H groups in total. The van der Waals surface area contributed by atoms with Crippen LogP contribution in [0.1, 0.15) is 41.6 Å². The van der Waals surface area contributed by atoms with Crippen LogP contribution in [0.15, 0.2) is 53.4 Å². The van der Waals surface area contributed by atoms with Crippen molar-refractivity contribution < 1.29 is 23.1 Å². The van der Waals surface area contributed by atoms with E-state index in [2.05, 4.69) is 15.4 Å². The fourth-order valence-electron chi connectivity index (χ4n) is 2.94. The summed E-state index contributed by atoms with van der Waals surface area (Å²) < 4.78 is 27.0. The number of rotatable bonds is 11. The molecule has 0 bridgehead atoms. The van der Waals surface area contributed by atoms with E-state index in [0.717, 1.165) is 18.4 Å². The van der Waals surface area contributed by atoms with Gasteiger partial charge in [-0.15, -0.1) is 0 Å². The van der Waals surface area contributed by atoms with Crippen LogP contribution in [-0.2, 0) is 21.2 Å². The van der Waals surface area contributed by atoms with Crippen LogP contribution in [0.25, 0.3) is 0 Å². The average molecular weight is 446 g/mol. The molecule has 0 saturated heterocycles. The number of phenols is 1. The van der Waals surface area contributed by atoms with E-state index < -0.39 is 10.0 Å². The summed E-state index contributed by atoms with van der Waals surface area (Å²) in [6.07, 6.45) is 3.15. The summed E-state index contributed by atoms with van der Waals surface area (Å²) in [7, 11) is -3.46. The minimum absolute atomic E-state index is 0.0334. The van der Waals surface area contributed by atoms with Crippen LogP contribution in [0.4, 0.5) is 0 Å². The number of benzene rings is 2. The number of aromatic hydroxyl groups is 1. The van der Waals surface area contributed by atoms with Crippen LogP contribution >= 0.6 is 0 Å². The SMILES string of the molecule is O=C(CCc1ccc(S(=O)(=O)NC2CC2)cc1)NCCCNC(=O)c1cccc(O)c1. The van der Waals surface area contributed by atoms with E-state index in [1.165, 1.54) is 12.1 Å². The highest BCUT2D eigenvalue weighted by Crippen LogP contribution is 2.22. The van der Waals surface area contributed by atoms with Gasteiger partial charge in [0.2, 0.25) is 15.9 Å². The van der Waals surface area contributed by atoms with E-state index in [4.69, 9.17) is 0 Å². The third kappa shape index (κ3) is 7.37. The van der Waals surface area contributed by atoms with Crippen LogP contribution in [0.2, 0.25) is 0 Å². The van der Waals surface area contributed by atoms with E-state index in [9.17, 15) is 23.1 Å². The molecule has 2 aromatic carbocycles. The van der Waals surface area contributed by atoms with E-state index in [-0.39, 0.29) is 28.5 Å². The Morgan fingerprint density at radius 2 is 1.71 bits per heavy atom. The molecule has 1 saturated carbocycles. The summed E-state index contributed by atoms with van der Waals surface area (Å²) in [5.41, 5.74) is 1.27. The van der Waals surface area contributed by atoms with Crippen molar-refractivity contribution in [2.24, 2.45) is 0 Å². The van der Waals surface area contributed by atoms with Crippen molar-refractivity contribution in [3.63, 3.8) is 0 Å². The highest BCUT2D eigenvalue weighted by Gasteiger charge is 2.27. The second-order valence-corrected chi connectivity index (χ2v) is 9.26. The highest BCUT2D eigenvalue weighted by molar-refractivity contribution is 7.89. The van der Waals surface area contributed by atoms with Gasteiger partial charge in [-0.3, -0.25) is 9.59 Å². The quantitative estimate of drug-likeness (QED) is 0.392. The molecule has 0 aliphatic heterocycles. The van der Waals surface area contributed by atoms with Gasteiger partial charge < -0.3 is 15.7 Å². The summed E-state index contributed by atoms with van der Waals surface area (Å²) in [6.45, 7) is 0.836. The Labute approximate surface area is 182 Å². The van der Waals surface area contributed by atoms with Gasteiger partial charge in [-0.25, -0.2) is 13.1 Å². The molecule has 0 radical (unpaired) electrons. The molecule has 2 amide bonds. The molecular weight excluding hydrogens is 418 g/mol. The molecule has 1 fully saturated rings. The van der Waals surface area contributed by atoms with Gasteiger partial charge in [0, 0.05) is 31.1 Å². The number of carbonyl (C=O) groups excluding carboxylic acids is 2. The zero-order valence-electron chi connectivity index (χ0n) is 17.1. The number of amides is 2. The van der Waals surface area contributed by atoms with E-state index >= 15 is 0 Å². The number of nitrogens with one attached hydrogen (secondary N) is 3. The molecule has 31 heavy (non-hydrogen) atoms. The minimum atomic E-state index is -3.46. The maximum Gasteiger partial charge on any atom is 0.251 e. The maximum atomic E-state index is 12.2.